The summed E-state index contributed by atoms with van der Waals surface area (Å²) in [5, 5.41) is 6.90. The molecule has 3 heterocycles. The lowest BCUT2D eigenvalue weighted by Crippen LogP contribution is -2.14. The molecule has 0 N–H and O–H groups in total. The van der Waals surface area contributed by atoms with Crippen LogP contribution in [0.4, 0.5) is 0 Å². The molecule has 1 aliphatic carbocycles. The zero-order chi connectivity index (χ0) is 45.8. The highest BCUT2D eigenvalue weighted by Gasteiger charge is 2.37. The second-order valence-electron chi connectivity index (χ2n) is 18.9. The Morgan fingerprint density at radius 2 is 0.841 bits per heavy atom. The van der Waals surface area contributed by atoms with Gasteiger partial charge in [0.1, 0.15) is 22.3 Å². The Morgan fingerprint density at radius 1 is 0.319 bits per heavy atom. The summed E-state index contributed by atoms with van der Waals surface area (Å²) >= 11 is 0. The number of hydrogen-bond donors (Lipinski definition) is 0. The predicted molar refractivity (Wildman–Crippen MR) is 284 cm³/mol. The van der Waals surface area contributed by atoms with Gasteiger partial charge in [0, 0.05) is 43.7 Å². The van der Waals surface area contributed by atoms with Crippen LogP contribution in [-0.4, -0.2) is 9.97 Å². The largest absolute Gasteiger partial charge is 0.456 e. The lowest BCUT2D eigenvalue weighted by atomic mass is 9.81. The van der Waals surface area contributed by atoms with Gasteiger partial charge in [-0.05, 0) is 139 Å². The molecule has 0 bridgehead atoms. The summed E-state index contributed by atoms with van der Waals surface area (Å²) in [6.07, 6.45) is 0. The lowest BCUT2D eigenvalue weighted by Gasteiger charge is -2.22. The highest BCUT2D eigenvalue weighted by atomic mass is 16.3. The minimum absolute atomic E-state index is 0.117. The van der Waals surface area contributed by atoms with Gasteiger partial charge in [-0.25, -0.2) is 9.97 Å². The van der Waals surface area contributed by atoms with Gasteiger partial charge >= 0.3 is 0 Å². The van der Waals surface area contributed by atoms with Crippen LogP contribution in [0.25, 0.3) is 133 Å². The van der Waals surface area contributed by atoms with Gasteiger partial charge in [-0.1, -0.05) is 159 Å². The summed E-state index contributed by atoms with van der Waals surface area (Å²) in [4.78, 5) is 10.6. The average Bonchev–Trinajstić information content (AvgIpc) is 4.04. The van der Waals surface area contributed by atoms with Crippen molar-refractivity contribution < 1.29 is 8.83 Å². The molecule has 0 amide bonds. The number of furan rings is 2. The molecule has 0 atom stereocenters. The fraction of sp³-hybridized carbons (Fsp3) is 0.0462. The zero-order valence-electron chi connectivity index (χ0n) is 38.0. The molecule has 0 unspecified atom stereocenters. The minimum atomic E-state index is -0.117. The molecule has 1 aliphatic rings. The molecule has 14 rings (SSSR count). The summed E-state index contributed by atoms with van der Waals surface area (Å²) in [7, 11) is 0. The molecular weight excluding hydrogens is 841 g/mol. The highest BCUT2D eigenvalue weighted by Crippen LogP contribution is 2.53. The molecule has 0 fully saturated rings. The SMILES string of the molecule is CC1(C)c2cc3ccccc3cc2-c2c(-c3ccc(-c4cc(-c5cc(-c6ccc7oc8ccccc8c7c6)cc(-c6ccc7oc8ccccc8c7c6)c5)nc(-c5ccccc5)n4)cc3)cccc21. The Balaban J connectivity index is 0.926. The van der Waals surface area contributed by atoms with Gasteiger partial charge in [-0.15, -0.1) is 0 Å². The van der Waals surface area contributed by atoms with Crippen molar-refractivity contribution in [2.75, 3.05) is 0 Å². The Bertz CT molecular complexity index is 4080. The van der Waals surface area contributed by atoms with Gasteiger partial charge < -0.3 is 8.83 Å². The smallest absolute Gasteiger partial charge is 0.160 e. The van der Waals surface area contributed by atoms with E-state index in [9.17, 15) is 0 Å². The van der Waals surface area contributed by atoms with Crippen molar-refractivity contribution in [2.24, 2.45) is 0 Å². The lowest BCUT2D eigenvalue weighted by molar-refractivity contribution is 0.661. The number of aromatic nitrogens is 2. The van der Waals surface area contributed by atoms with Crippen molar-refractivity contribution in [3.63, 3.8) is 0 Å². The summed E-state index contributed by atoms with van der Waals surface area (Å²) in [5.41, 5.74) is 20.1. The van der Waals surface area contributed by atoms with E-state index in [0.29, 0.717) is 5.82 Å². The van der Waals surface area contributed by atoms with Crippen LogP contribution in [0.5, 0.6) is 0 Å². The third kappa shape index (κ3) is 6.37. The van der Waals surface area contributed by atoms with Crippen molar-refractivity contribution in [3.05, 3.63) is 230 Å². The Kier molecular flexibility index (Phi) is 8.59. The second kappa shape index (κ2) is 15.1. The van der Waals surface area contributed by atoms with E-state index in [2.05, 4.69) is 190 Å². The van der Waals surface area contributed by atoms with Gasteiger partial charge in [0.15, 0.2) is 5.82 Å². The normalized spacial score (nSPS) is 12.9. The maximum absolute atomic E-state index is 6.27. The molecule has 0 radical (unpaired) electrons. The molecule has 69 heavy (non-hydrogen) atoms. The minimum Gasteiger partial charge on any atom is -0.456 e. The van der Waals surface area contributed by atoms with Crippen LogP contribution < -0.4 is 0 Å². The highest BCUT2D eigenvalue weighted by molar-refractivity contribution is 6.08. The Labute approximate surface area is 398 Å². The van der Waals surface area contributed by atoms with E-state index in [1.807, 2.05) is 42.5 Å². The summed E-state index contributed by atoms with van der Waals surface area (Å²) in [6, 6.07) is 78.0. The second-order valence-corrected chi connectivity index (χ2v) is 18.9. The van der Waals surface area contributed by atoms with Crippen molar-refractivity contribution >= 4 is 54.6 Å². The quantitative estimate of drug-likeness (QED) is 0.167. The number of hydrogen-bond acceptors (Lipinski definition) is 4. The van der Waals surface area contributed by atoms with E-state index in [1.54, 1.807) is 0 Å². The van der Waals surface area contributed by atoms with Crippen LogP contribution in [0.2, 0.25) is 0 Å². The first-order valence-electron chi connectivity index (χ1n) is 23.6. The fourth-order valence-corrected chi connectivity index (χ4v) is 10.9. The van der Waals surface area contributed by atoms with E-state index >= 15 is 0 Å². The van der Waals surface area contributed by atoms with Crippen molar-refractivity contribution in [1.29, 1.82) is 0 Å². The van der Waals surface area contributed by atoms with E-state index < -0.39 is 0 Å². The van der Waals surface area contributed by atoms with Crippen LogP contribution in [-0.2, 0) is 5.41 Å². The predicted octanol–water partition coefficient (Wildman–Crippen LogP) is 17.7. The van der Waals surface area contributed by atoms with Gasteiger partial charge in [-0.2, -0.15) is 0 Å². The first-order valence-corrected chi connectivity index (χ1v) is 23.6. The third-order valence-electron chi connectivity index (χ3n) is 14.5. The van der Waals surface area contributed by atoms with E-state index in [1.165, 1.54) is 44.2 Å². The maximum Gasteiger partial charge on any atom is 0.160 e. The molecule has 0 spiro atoms. The van der Waals surface area contributed by atoms with Crippen LogP contribution in [0.3, 0.4) is 0 Å². The van der Waals surface area contributed by atoms with Crippen LogP contribution in [0.15, 0.2) is 227 Å². The molecule has 0 saturated carbocycles. The molecular formula is C65H42N2O2. The first-order chi connectivity index (χ1) is 33.9. The Hall–Kier alpha value is -8.86. The van der Waals surface area contributed by atoms with Gasteiger partial charge in [0.25, 0.3) is 0 Å². The number of nitrogens with zero attached hydrogens (tertiary/aromatic N) is 2. The number of rotatable bonds is 6. The fourth-order valence-electron chi connectivity index (χ4n) is 10.9. The molecule has 3 aromatic heterocycles. The van der Waals surface area contributed by atoms with E-state index in [4.69, 9.17) is 18.8 Å². The zero-order valence-corrected chi connectivity index (χ0v) is 38.0. The van der Waals surface area contributed by atoms with E-state index in [-0.39, 0.29) is 5.41 Å². The average molecular weight is 883 g/mol. The maximum atomic E-state index is 6.27. The molecule has 4 heteroatoms. The van der Waals surface area contributed by atoms with Gasteiger partial charge in [0.05, 0.1) is 11.4 Å². The first kappa shape index (κ1) is 39.3. The summed E-state index contributed by atoms with van der Waals surface area (Å²) < 4.78 is 12.5. The van der Waals surface area contributed by atoms with Crippen molar-refractivity contribution in [2.45, 2.75) is 19.3 Å². The third-order valence-corrected chi connectivity index (χ3v) is 14.5. The molecule has 13 aromatic rings. The van der Waals surface area contributed by atoms with Crippen molar-refractivity contribution in [1.82, 2.24) is 9.97 Å². The number of benzene rings is 10. The van der Waals surface area contributed by atoms with Crippen molar-refractivity contribution in [3.8, 4) is 78.4 Å². The monoisotopic (exact) mass is 882 g/mol. The number of fused-ring (bicyclic) bond motifs is 10. The molecule has 0 saturated heterocycles. The molecule has 324 valence electrons. The van der Waals surface area contributed by atoms with Crippen LogP contribution in [0, 0.1) is 0 Å². The molecule has 4 nitrogen and oxygen atoms in total. The summed E-state index contributed by atoms with van der Waals surface area (Å²) in [5.74, 6) is 0.670. The number of para-hydroxylation sites is 2. The molecule has 10 aromatic carbocycles. The van der Waals surface area contributed by atoms with Gasteiger partial charge in [-0.3, -0.25) is 0 Å². The standard InChI is InChI=1S/C65H42N2O2/c1-65(2)55-20-12-19-49(63(55)54-36-42-15-6-7-16-43(42)37-56(54)65)39-23-25-40(26-24-39)57-38-58(67-64(66-57)41-13-4-3-5-14-41)48-32-46(44-27-29-61-52(34-44)50-17-8-10-21-59(50)68-61)31-47(33-48)45-28-30-62-53(35-45)51-18-9-11-22-60(51)69-62/h3-38H,1-2H3. The van der Waals surface area contributed by atoms with Crippen LogP contribution in [0.1, 0.15) is 25.0 Å². The Morgan fingerprint density at radius 3 is 1.49 bits per heavy atom. The summed E-state index contributed by atoms with van der Waals surface area (Å²) in [6.45, 7) is 4.71. The molecule has 0 aliphatic heterocycles. The van der Waals surface area contributed by atoms with E-state index in [0.717, 1.165) is 94.2 Å². The topological polar surface area (TPSA) is 52.1 Å². The van der Waals surface area contributed by atoms with Crippen LogP contribution >= 0.6 is 0 Å². The van der Waals surface area contributed by atoms with Gasteiger partial charge in [0.2, 0.25) is 0 Å².